The van der Waals surface area contributed by atoms with Crippen LogP contribution >= 0.6 is 0 Å². The van der Waals surface area contributed by atoms with Gasteiger partial charge in [0.05, 0.1) is 27.0 Å². The van der Waals surface area contributed by atoms with Crippen LogP contribution in [-0.4, -0.2) is 63.0 Å². The Morgan fingerprint density at radius 2 is 1.90 bits per heavy atom. The van der Waals surface area contributed by atoms with Crippen LogP contribution < -0.4 is 19.5 Å². The smallest absolute Gasteiger partial charge is 0.257 e. The van der Waals surface area contributed by atoms with Crippen molar-refractivity contribution in [3.63, 3.8) is 0 Å². The Hall–Kier alpha value is -2.74. The van der Waals surface area contributed by atoms with E-state index in [0.717, 1.165) is 19.5 Å². The summed E-state index contributed by atoms with van der Waals surface area (Å²) in [5, 5.41) is 7.04. The molecule has 1 atom stereocenters. The first-order valence-corrected chi connectivity index (χ1v) is 10.8. The zero-order valence-corrected chi connectivity index (χ0v) is 19.1. The number of benzene rings is 1. The van der Waals surface area contributed by atoms with E-state index in [-0.39, 0.29) is 5.91 Å². The number of amides is 1. The van der Waals surface area contributed by atoms with Crippen LogP contribution in [0, 0.1) is 6.92 Å². The van der Waals surface area contributed by atoms with Gasteiger partial charge < -0.3 is 29.0 Å². The molecule has 1 aliphatic rings. The van der Waals surface area contributed by atoms with E-state index in [4.69, 9.17) is 18.7 Å². The lowest BCUT2D eigenvalue weighted by atomic mass is 10.0. The highest BCUT2D eigenvalue weighted by molar-refractivity contribution is 6.00. The van der Waals surface area contributed by atoms with Gasteiger partial charge >= 0.3 is 0 Å². The number of aromatic nitrogens is 1. The van der Waals surface area contributed by atoms with Gasteiger partial charge in [0.25, 0.3) is 5.91 Å². The molecular formula is C23H33N3O5. The van der Waals surface area contributed by atoms with E-state index in [9.17, 15) is 4.79 Å². The molecule has 0 spiro atoms. The number of hydrogen-bond acceptors (Lipinski definition) is 7. The van der Waals surface area contributed by atoms with Crippen molar-refractivity contribution >= 4 is 5.91 Å². The number of carbonyl (C=O) groups excluding carboxylic acids is 1. The van der Waals surface area contributed by atoms with Gasteiger partial charge in [0.1, 0.15) is 5.56 Å². The van der Waals surface area contributed by atoms with Gasteiger partial charge in [-0.05, 0) is 51.8 Å². The highest BCUT2D eigenvalue weighted by atomic mass is 16.5. The Morgan fingerprint density at radius 3 is 2.52 bits per heavy atom. The lowest BCUT2D eigenvalue weighted by Crippen LogP contribution is -2.39. The number of likely N-dealkylation sites (tertiary alicyclic amines) is 1. The minimum atomic E-state index is -0.200. The Kier molecular flexibility index (Phi) is 7.79. The molecule has 8 heteroatoms. The summed E-state index contributed by atoms with van der Waals surface area (Å²) >= 11 is 0. The van der Waals surface area contributed by atoms with Crippen LogP contribution in [0.2, 0.25) is 0 Å². The minimum absolute atomic E-state index is 0.200. The molecule has 0 aliphatic carbocycles. The topological polar surface area (TPSA) is 86.1 Å². The molecule has 0 saturated carbocycles. The first-order valence-electron chi connectivity index (χ1n) is 10.8. The second-order valence-electron chi connectivity index (χ2n) is 7.88. The molecular weight excluding hydrogens is 398 g/mol. The average Bonchev–Trinajstić information content (AvgIpc) is 3.18. The molecule has 1 saturated heterocycles. The van der Waals surface area contributed by atoms with Crippen molar-refractivity contribution in [2.75, 3.05) is 41.0 Å². The zero-order valence-electron chi connectivity index (χ0n) is 19.1. The monoisotopic (exact) mass is 431 g/mol. The molecule has 2 aromatic rings. The van der Waals surface area contributed by atoms with Gasteiger partial charge in [0, 0.05) is 24.7 Å². The fraction of sp³-hybridized carbons (Fsp3) is 0.565. The molecule has 1 N–H and O–H groups in total. The maximum Gasteiger partial charge on any atom is 0.257 e. The third kappa shape index (κ3) is 5.12. The van der Waals surface area contributed by atoms with Gasteiger partial charge in [-0.3, -0.25) is 4.79 Å². The minimum Gasteiger partial charge on any atom is -0.493 e. The van der Waals surface area contributed by atoms with E-state index in [1.54, 1.807) is 40.4 Å². The maximum absolute atomic E-state index is 13.0. The number of nitrogens with zero attached hydrogens (tertiary/aromatic N) is 2. The fourth-order valence-corrected chi connectivity index (χ4v) is 4.11. The number of nitrogens with one attached hydrogen (secondary N) is 1. The maximum atomic E-state index is 13.0. The van der Waals surface area contributed by atoms with Crippen LogP contribution in [-0.2, 0) is 0 Å². The third-order valence-corrected chi connectivity index (χ3v) is 5.86. The average molecular weight is 432 g/mol. The first-order chi connectivity index (χ1) is 15.0. The fourth-order valence-electron chi connectivity index (χ4n) is 4.11. The van der Waals surface area contributed by atoms with E-state index in [1.165, 1.54) is 19.3 Å². The molecule has 1 aromatic carbocycles. The van der Waals surface area contributed by atoms with Crippen molar-refractivity contribution in [2.45, 2.75) is 45.6 Å². The molecule has 170 valence electrons. The molecule has 8 nitrogen and oxygen atoms in total. The Balaban J connectivity index is 1.72. The van der Waals surface area contributed by atoms with Crippen molar-refractivity contribution in [3.05, 3.63) is 23.4 Å². The zero-order chi connectivity index (χ0) is 22.4. The van der Waals surface area contributed by atoms with Gasteiger partial charge in [0.15, 0.2) is 17.3 Å². The van der Waals surface area contributed by atoms with Crippen LogP contribution in [0.15, 0.2) is 16.7 Å². The van der Waals surface area contributed by atoms with Gasteiger partial charge in [-0.2, -0.15) is 0 Å². The predicted octanol–water partition coefficient (Wildman–Crippen LogP) is 3.67. The quantitative estimate of drug-likeness (QED) is 0.606. The number of hydrogen-bond donors (Lipinski definition) is 1. The summed E-state index contributed by atoms with van der Waals surface area (Å²) in [6, 6.07) is 4.11. The molecule has 1 unspecified atom stereocenters. The summed E-state index contributed by atoms with van der Waals surface area (Å²) < 4.78 is 21.7. The molecule has 1 amide bonds. The summed E-state index contributed by atoms with van der Waals surface area (Å²) in [5.74, 6) is 1.61. The highest BCUT2D eigenvalue weighted by Gasteiger charge is 2.25. The summed E-state index contributed by atoms with van der Waals surface area (Å²) in [7, 11) is 4.63. The van der Waals surface area contributed by atoms with Crippen LogP contribution in [0.1, 0.15) is 48.7 Å². The molecule has 0 radical (unpaired) electrons. The van der Waals surface area contributed by atoms with Gasteiger partial charge in [-0.15, -0.1) is 0 Å². The van der Waals surface area contributed by atoms with Gasteiger partial charge in [0.2, 0.25) is 5.75 Å². The summed E-state index contributed by atoms with van der Waals surface area (Å²) in [5.41, 5.74) is 1.58. The number of ether oxygens (including phenoxy) is 3. The van der Waals surface area contributed by atoms with Crippen LogP contribution in [0.25, 0.3) is 11.3 Å². The van der Waals surface area contributed by atoms with Gasteiger partial charge in [-0.25, -0.2) is 0 Å². The Morgan fingerprint density at radius 1 is 1.19 bits per heavy atom. The molecule has 31 heavy (non-hydrogen) atoms. The van der Waals surface area contributed by atoms with Crippen LogP contribution in [0.5, 0.6) is 17.2 Å². The summed E-state index contributed by atoms with van der Waals surface area (Å²) in [6.07, 6.45) is 4.73. The second-order valence-corrected chi connectivity index (χ2v) is 7.88. The van der Waals surface area contributed by atoms with Crippen molar-refractivity contribution < 1.29 is 23.5 Å². The van der Waals surface area contributed by atoms with Crippen LogP contribution in [0.3, 0.4) is 0 Å². The van der Waals surface area contributed by atoms with E-state index in [1.807, 2.05) is 0 Å². The number of carbonyl (C=O) groups is 1. The van der Waals surface area contributed by atoms with Crippen molar-refractivity contribution in [1.82, 2.24) is 15.4 Å². The van der Waals surface area contributed by atoms with E-state index in [2.05, 4.69) is 22.3 Å². The summed E-state index contributed by atoms with van der Waals surface area (Å²) in [4.78, 5) is 15.5. The van der Waals surface area contributed by atoms with E-state index >= 15 is 0 Å². The second kappa shape index (κ2) is 10.5. The van der Waals surface area contributed by atoms with Gasteiger partial charge in [-0.1, -0.05) is 11.6 Å². The molecule has 1 aromatic heterocycles. The normalized spacial score (nSPS) is 16.7. The van der Waals surface area contributed by atoms with Crippen molar-refractivity contribution in [3.8, 4) is 28.6 Å². The highest BCUT2D eigenvalue weighted by Crippen LogP contribution is 2.42. The van der Waals surface area contributed by atoms with Crippen LogP contribution in [0.4, 0.5) is 0 Å². The standard InChI is InChI=1S/C23H33N3O5/c1-15-9-6-7-11-26(15)12-8-10-24-23(27)20-16(2)25-31-21(20)17-13-18(28-3)22(30-5)19(14-17)29-4/h13-15H,6-12H2,1-5H3,(H,24,27). The van der Waals surface area contributed by atoms with Crippen molar-refractivity contribution in [1.29, 1.82) is 0 Å². The largest absolute Gasteiger partial charge is 0.493 e. The lowest BCUT2D eigenvalue weighted by Gasteiger charge is -2.33. The van der Waals surface area contributed by atoms with Crippen molar-refractivity contribution in [2.24, 2.45) is 0 Å². The molecule has 1 aliphatic heterocycles. The molecule has 3 rings (SSSR count). The Labute approximate surface area is 183 Å². The molecule has 1 fully saturated rings. The third-order valence-electron chi connectivity index (χ3n) is 5.86. The lowest BCUT2D eigenvalue weighted by molar-refractivity contribution is 0.0948. The van der Waals surface area contributed by atoms with E-state index < -0.39 is 0 Å². The first kappa shape index (κ1) is 22.9. The number of methoxy groups -OCH3 is 3. The molecule has 2 heterocycles. The van der Waals surface area contributed by atoms with E-state index in [0.29, 0.717) is 52.4 Å². The number of rotatable bonds is 9. The SMILES string of the molecule is COc1cc(-c2onc(C)c2C(=O)NCCCN2CCCCC2C)cc(OC)c1OC. The number of aryl methyl sites for hydroxylation is 1. The summed E-state index contributed by atoms with van der Waals surface area (Å²) in [6.45, 7) is 6.77. The predicted molar refractivity (Wildman–Crippen MR) is 118 cm³/mol. The molecule has 0 bridgehead atoms. The Bertz CT molecular complexity index is 870. The number of piperidine rings is 1.